The first-order valence-electron chi connectivity index (χ1n) is 6.69. The minimum Gasteiger partial charge on any atom is -0.317 e. The molecule has 0 heterocycles. The first-order valence-corrected chi connectivity index (χ1v) is 7.49. The predicted molar refractivity (Wildman–Crippen MR) is 77.3 cm³/mol. The van der Waals surface area contributed by atoms with Gasteiger partial charge in [0.2, 0.25) is 0 Å². The van der Waals surface area contributed by atoms with Crippen molar-refractivity contribution in [1.29, 1.82) is 0 Å². The highest BCUT2D eigenvalue weighted by Gasteiger charge is 2.19. The van der Waals surface area contributed by atoms with Gasteiger partial charge in [0.25, 0.3) is 0 Å². The van der Waals surface area contributed by atoms with Gasteiger partial charge in [-0.15, -0.1) is 0 Å². The summed E-state index contributed by atoms with van der Waals surface area (Å²) in [5.41, 5.74) is 1.44. The predicted octanol–water partition coefficient (Wildman–Crippen LogP) is 4.16. The molecule has 1 aliphatic carbocycles. The molecular formula is C15H22BrN. The Morgan fingerprint density at radius 1 is 1.24 bits per heavy atom. The minimum atomic E-state index is 0.638. The molecule has 1 atom stereocenters. The topological polar surface area (TPSA) is 12.0 Å². The maximum Gasteiger partial charge on any atom is 0.0175 e. The summed E-state index contributed by atoms with van der Waals surface area (Å²) in [5.74, 6) is 0.961. The Morgan fingerprint density at radius 3 is 2.47 bits per heavy atom. The average Bonchev–Trinajstić information content (AvgIpc) is 2.84. The van der Waals surface area contributed by atoms with Crippen LogP contribution in [0.15, 0.2) is 28.7 Å². The summed E-state index contributed by atoms with van der Waals surface area (Å²) in [6.45, 7) is 0. The van der Waals surface area contributed by atoms with Gasteiger partial charge in [0, 0.05) is 10.5 Å². The van der Waals surface area contributed by atoms with Crippen molar-refractivity contribution in [1.82, 2.24) is 5.32 Å². The van der Waals surface area contributed by atoms with Crippen LogP contribution in [-0.2, 0) is 6.42 Å². The zero-order valence-corrected chi connectivity index (χ0v) is 12.2. The fraction of sp³-hybridized carbons (Fsp3) is 0.600. The second-order valence-corrected chi connectivity index (χ2v) is 6.12. The molecule has 1 N–H and O–H groups in total. The van der Waals surface area contributed by atoms with E-state index in [9.17, 15) is 0 Å². The van der Waals surface area contributed by atoms with Gasteiger partial charge in [-0.05, 0) is 43.5 Å². The lowest BCUT2D eigenvalue weighted by atomic mass is 9.94. The number of hydrogen-bond donors (Lipinski definition) is 1. The molecule has 0 bridgehead atoms. The summed E-state index contributed by atoms with van der Waals surface area (Å²) in [7, 11) is 2.10. The highest BCUT2D eigenvalue weighted by atomic mass is 79.9. The van der Waals surface area contributed by atoms with E-state index in [0.29, 0.717) is 6.04 Å². The zero-order chi connectivity index (χ0) is 12.1. The Kier molecular flexibility index (Phi) is 5.05. The molecule has 1 fully saturated rings. The van der Waals surface area contributed by atoms with E-state index in [1.165, 1.54) is 37.7 Å². The SMILES string of the molecule is CNC(Cc1ccc(Br)cc1)CC1CCCC1. The molecule has 1 saturated carbocycles. The number of hydrogen-bond acceptors (Lipinski definition) is 1. The summed E-state index contributed by atoms with van der Waals surface area (Å²) in [4.78, 5) is 0. The average molecular weight is 296 g/mol. The second kappa shape index (κ2) is 6.55. The van der Waals surface area contributed by atoms with Crippen LogP contribution in [-0.4, -0.2) is 13.1 Å². The Labute approximate surface area is 113 Å². The molecule has 94 valence electrons. The zero-order valence-electron chi connectivity index (χ0n) is 10.6. The molecule has 1 unspecified atom stereocenters. The lowest BCUT2D eigenvalue weighted by Gasteiger charge is -2.20. The first kappa shape index (κ1) is 13.1. The van der Waals surface area contributed by atoms with E-state index >= 15 is 0 Å². The van der Waals surface area contributed by atoms with Crippen molar-refractivity contribution >= 4 is 15.9 Å². The van der Waals surface area contributed by atoms with Gasteiger partial charge in [-0.1, -0.05) is 53.7 Å². The van der Waals surface area contributed by atoms with Gasteiger partial charge in [-0.2, -0.15) is 0 Å². The standard InChI is InChI=1S/C15H22BrN/c1-17-15(10-12-4-2-3-5-12)11-13-6-8-14(16)9-7-13/h6-9,12,15,17H,2-5,10-11H2,1H3. The fourth-order valence-corrected chi connectivity index (χ4v) is 3.12. The highest BCUT2D eigenvalue weighted by Crippen LogP contribution is 2.29. The van der Waals surface area contributed by atoms with Gasteiger partial charge in [0.15, 0.2) is 0 Å². The van der Waals surface area contributed by atoms with Crippen molar-refractivity contribution in [2.75, 3.05) is 7.05 Å². The smallest absolute Gasteiger partial charge is 0.0175 e. The molecule has 0 radical (unpaired) electrons. The summed E-state index contributed by atoms with van der Waals surface area (Å²) in [5, 5.41) is 3.48. The van der Waals surface area contributed by atoms with Gasteiger partial charge in [0.05, 0.1) is 0 Å². The fourth-order valence-electron chi connectivity index (χ4n) is 2.86. The van der Waals surface area contributed by atoms with Gasteiger partial charge < -0.3 is 5.32 Å². The van der Waals surface area contributed by atoms with Gasteiger partial charge in [-0.3, -0.25) is 0 Å². The molecule has 1 aromatic carbocycles. The van der Waals surface area contributed by atoms with Crippen molar-refractivity contribution in [2.24, 2.45) is 5.92 Å². The maximum absolute atomic E-state index is 3.48. The molecule has 0 saturated heterocycles. The number of benzene rings is 1. The van der Waals surface area contributed by atoms with E-state index < -0.39 is 0 Å². The second-order valence-electron chi connectivity index (χ2n) is 5.20. The molecule has 1 nitrogen and oxygen atoms in total. The minimum absolute atomic E-state index is 0.638. The molecule has 0 amide bonds. The van der Waals surface area contributed by atoms with Crippen LogP contribution >= 0.6 is 15.9 Å². The van der Waals surface area contributed by atoms with Crippen molar-refractivity contribution in [3.05, 3.63) is 34.3 Å². The molecule has 2 heteroatoms. The molecule has 1 aliphatic rings. The Bertz CT molecular complexity index is 327. The first-order chi connectivity index (χ1) is 8.28. The van der Waals surface area contributed by atoms with E-state index in [1.807, 2.05) is 0 Å². The highest BCUT2D eigenvalue weighted by molar-refractivity contribution is 9.10. The molecule has 17 heavy (non-hydrogen) atoms. The van der Waals surface area contributed by atoms with E-state index in [2.05, 4.69) is 52.6 Å². The van der Waals surface area contributed by atoms with Crippen LogP contribution < -0.4 is 5.32 Å². The molecule has 0 aliphatic heterocycles. The summed E-state index contributed by atoms with van der Waals surface area (Å²) in [6.07, 6.45) is 8.27. The Morgan fingerprint density at radius 2 is 1.88 bits per heavy atom. The number of likely N-dealkylation sites (N-methyl/N-ethyl adjacent to an activating group) is 1. The lowest BCUT2D eigenvalue weighted by Crippen LogP contribution is -2.29. The molecule has 2 rings (SSSR count). The number of nitrogens with one attached hydrogen (secondary N) is 1. The molecule has 0 spiro atoms. The van der Waals surface area contributed by atoms with E-state index in [0.717, 1.165) is 16.8 Å². The quantitative estimate of drug-likeness (QED) is 0.860. The third-order valence-corrected chi connectivity index (χ3v) is 4.42. The third-order valence-electron chi connectivity index (χ3n) is 3.90. The monoisotopic (exact) mass is 295 g/mol. The van der Waals surface area contributed by atoms with E-state index in [4.69, 9.17) is 0 Å². The van der Waals surface area contributed by atoms with Crippen LogP contribution in [0, 0.1) is 5.92 Å². The van der Waals surface area contributed by atoms with Gasteiger partial charge in [-0.25, -0.2) is 0 Å². The van der Waals surface area contributed by atoms with Crippen LogP contribution in [0.3, 0.4) is 0 Å². The Hall–Kier alpha value is -0.340. The molecule has 1 aromatic rings. The van der Waals surface area contributed by atoms with Crippen molar-refractivity contribution in [3.63, 3.8) is 0 Å². The molecule has 0 aromatic heterocycles. The van der Waals surface area contributed by atoms with E-state index in [-0.39, 0.29) is 0 Å². The van der Waals surface area contributed by atoms with Crippen molar-refractivity contribution < 1.29 is 0 Å². The van der Waals surface area contributed by atoms with Gasteiger partial charge >= 0.3 is 0 Å². The normalized spacial score (nSPS) is 18.5. The van der Waals surface area contributed by atoms with Crippen LogP contribution in [0.25, 0.3) is 0 Å². The van der Waals surface area contributed by atoms with Crippen LogP contribution in [0.2, 0.25) is 0 Å². The lowest BCUT2D eigenvalue weighted by molar-refractivity contribution is 0.402. The molecular weight excluding hydrogens is 274 g/mol. The van der Waals surface area contributed by atoms with Crippen LogP contribution in [0.1, 0.15) is 37.7 Å². The van der Waals surface area contributed by atoms with Crippen LogP contribution in [0.4, 0.5) is 0 Å². The van der Waals surface area contributed by atoms with Crippen molar-refractivity contribution in [2.45, 2.75) is 44.6 Å². The largest absolute Gasteiger partial charge is 0.317 e. The summed E-state index contributed by atoms with van der Waals surface area (Å²) < 4.78 is 1.16. The maximum atomic E-state index is 3.48. The number of halogens is 1. The summed E-state index contributed by atoms with van der Waals surface area (Å²) >= 11 is 3.48. The van der Waals surface area contributed by atoms with E-state index in [1.54, 1.807) is 0 Å². The van der Waals surface area contributed by atoms with Crippen molar-refractivity contribution in [3.8, 4) is 0 Å². The van der Waals surface area contributed by atoms with Crippen LogP contribution in [0.5, 0.6) is 0 Å². The Balaban J connectivity index is 1.87. The third kappa shape index (κ3) is 4.11. The summed E-state index contributed by atoms with van der Waals surface area (Å²) in [6, 6.07) is 9.36. The van der Waals surface area contributed by atoms with Gasteiger partial charge in [0.1, 0.15) is 0 Å². The number of rotatable bonds is 5.